The molecule has 2 heterocycles. The van der Waals surface area contributed by atoms with Gasteiger partial charge in [0.05, 0.1) is 17.2 Å². The van der Waals surface area contributed by atoms with Gasteiger partial charge in [0.1, 0.15) is 5.54 Å². The number of aromatic nitrogens is 1. The number of nitrogens with one attached hydrogen (secondary N) is 1. The first-order valence-corrected chi connectivity index (χ1v) is 10.5. The molecule has 1 aromatic heterocycles. The minimum Gasteiger partial charge on any atom is -0.478 e. The summed E-state index contributed by atoms with van der Waals surface area (Å²) >= 11 is 0. The number of halogens is 3. The van der Waals surface area contributed by atoms with Gasteiger partial charge in [-0.05, 0) is 49.7 Å². The summed E-state index contributed by atoms with van der Waals surface area (Å²) in [5.41, 5.74) is -6.18. The topological polar surface area (TPSA) is 106 Å². The van der Waals surface area contributed by atoms with Crippen LogP contribution in [-0.2, 0) is 21.1 Å². The quantitative estimate of drug-likeness (QED) is 0.669. The third kappa shape index (κ3) is 4.20. The summed E-state index contributed by atoms with van der Waals surface area (Å²) in [5.74, 6) is -0.280. The molecule has 0 spiro atoms. The van der Waals surface area contributed by atoms with Gasteiger partial charge in [-0.3, -0.25) is 4.79 Å². The molecule has 1 unspecified atom stereocenters. The smallest absolute Gasteiger partial charge is 0.478 e. The normalized spacial score (nSPS) is 19.5. The number of urea groups is 1. The molecule has 0 aliphatic carbocycles. The van der Waals surface area contributed by atoms with Gasteiger partial charge >= 0.3 is 11.5 Å². The van der Waals surface area contributed by atoms with Crippen molar-refractivity contribution in [3.8, 4) is 5.88 Å². The van der Waals surface area contributed by atoms with Crippen LogP contribution in [0.2, 0.25) is 0 Å². The largest absolute Gasteiger partial charge is 0.501 e. The standard InChI is InChI=1S/C19H18F3N3O5S/c1-3-30-15-10-12(8-9-23-15)11-18(2)16(26)25(17(27)24-18)13-4-6-14(7-5-13)31(28,29)19(20,21)22/h4-10H,3,11H2,1-2H3,(H,24,27). The van der Waals surface area contributed by atoms with E-state index in [1.807, 2.05) is 0 Å². The Morgan fingerprint density at radius 1 is 1.16 bits per heavy atom. The Kier molecular flexibility index (Phi) is 5.70. The summed E-state index contributed by atoms with van der Waals surface area (Å²) in [4.78, 5) is 29.3. The van der Waals surface area contributed by atoms with Crippen LogP contribution in [0.3, 0.4) is 0 Å². The van der Waals surface area contributed by atoms with Crippen molar-refractivity contribution >= 4 is 27.5 Å². The molecule has 1 atom stereocenters. The first-order valence-electron chi connectivity index (χ1n) is 9.05. The van der Waals surface area contributed by atoms with Gasteiger partial charge in [-0.2, -0.15) is 13.2 Å². The van der Waals surface area contributed by atoms with Crippen LogP contribution in [0.5, 0.6) is 5.88 Å². The molecule has 166 valence electrons. The van der Waals surface area contributed by atoms with E-state index < -0.39 is 37.7 Å². The van der Waals surface area contributed by atoms with Crippen LogP contribution in [-0.4, -0.2) is 43.0 Å². The highest BCUT2D eigenvalue weighted by Crippen LogP contribution is 2.33. The third-order valence-electron chi connectivity index (χ3n) is 4.62. The first-order chi connectivity index (χ1) is 14.4. The number of ether oxygens (including phenoxy) is 1. The molecule has 3 amide bonds. The molecule has 1 aromatic carbocycles. The minimum atomic E-state index is -5.54. The molecule has 0 bridgehead atoms. The van der Waals surface area contributed by atoms with Crippen molar-refractivity contribution in [2.45, 2.75) is 36.2 Å². The van der Waals surface area contributed by atoms with Crippen LogP contribution in [0.25, 0.3) is 0 Å². The number of carbonyl (C=O) groups is 2. The Morgan fingerprint density at radius 3 is 2.39 bits per heavy atom. The van der Waals surface area contributed by atoms with Crippen molar-refractivity contribution in [1.82, 2.24) is 10.3 Å². The SMILES string of the molecule is CCOc1cc(CC2(C)NC(=O)N(c3ccc(S(=O)(=O)C(F)(F)F)cc3)C2=O)ccn1. The van der Waals surface area contributed by atoms with Crippen LogP contribution in [0, 0.1) is 0 Å². The number of rotatable bonds is 6. The lowest BCUT2D eigenvalue weighted by Gasteiger charge is -2.22. The zero-order valence-electron chi connectivity index (χ0n) is 16.4. The average molecular weight is 457 g/mol. The molecule has 1 N–H and O–H groups in total. The number of anilines is 1. The second-order valence-corrected chi connectivity index (χ2v) is 8.90. The Morgan fingerprint density at radius 2 is 1.81 bits per heavy atom. The molecule has 8 nitrogen and oxygen atoms in total. The number of nitrogens with zero attached hydrogens (tertiary/aromatic N) is 2. The maximum Gasteiger partial charge on any atom is 0.501 e. The van der Waals surface area contributed by atoms with E-state index in [4.69, 9.17) is 4.74 Å². The monoisotopic (exact) mass is 457 g/mol. The highest BCUT2D eigenvalue weighted by molar-refractivity contribution is 7.92. The maximum absolute atomic E-state index is 13.0. The molecular weight excluding hydrogens is 439 g/mol. The lowest BCUT2D eigenvalue weighted by Crippen LogP contribution is -2.46. The lowest BCUT2D eigenvalue weighted by molar-refractivity contribution is -0.121. The van der Waals surface area contributed by atoms with Crippen LogP contribution in [0.1, 0.15) is 19.4 Å². The van der Waals surface area contributed by atoms with Crippen molar-refractivity contribution in [2.24, 2.45) is 0 Å². The van der Waals surface area contributed by atoms with E-state index >= 15 is 0 Å². The first kappa shape index (κ1) is 22.5. The summed E-state index contributed by atoms with van der Waals surface area (Å²) in [6.07, 6.45) is 1.61. The van der Waals surface area contributed by atoms with Crippen LogP contribution >= 0.6 is 0 Å². The summed E-state index contributed by atoms with van der Waals surface area (Å²) in [6, 6.07) is 5.86. The number of amides is 3. The fourth-order valence-corrected chi connectivity index (χ4v) is 3.90. The molecule has 1 aliphatic rings. The van der Waals surface area contributed by atoms with Gasteiger partial charge < -0.3 is 10.1 Å². The number of hydrogen-bond donors (Lipinski definition) is 1. The van der Waals surface area contributed by atoms with Crippen molar-refractivity contribution in [1.29, 1.82) is 0 Å². The summed E-state index contributed by atoms with van der Waals surface area (Å²) in [7, 11) is -5.54. The fraction of sp³-hybridized carbons (Fsp3) is 0.316. The Balaban J connectivity index is 1.85. The second kappa shape index (κ2) is 7.84. The van der Waals surface area contributed by atoms with Crippen molar-refractivity contribution in [3.05, 3.63) is 48.2 Å². The highest BCUT2D eigenvalue weighted by Gasteiger charge is 2.49. The van der Waals surface area contributed by atoms with Gasteiger partial charge in [0, 0.05) is 18.7 Å². The highest BCUT2D eigenvalue weighted by atomic mass is 32.2. The van der Waals surface area contributed by atoms with E-state index in [0.717, 1.165) is 17.0 Å². The number of pyridine rings is 1. The van der Waals surface area contributed by atoms with Crippen molar-refractivity contribution in [2.75, 3.05) is 11.5 Å². The predicted octanol–water partition coefficient (Wildman–Crippen LogP) is 2.83. The van der Waals surface area contributed by atoms with Gasteiger partial charge in [-0.25, -0.2) is 23.1 Å². The Hall–Kier alpha value is -3.15. The number of carbonyl (C=O) groups excluding carboxylic acids is 2. The minimum absolute atomic E-state index is 0.0583. The second-order valence-electron chi connectivity index (χ2n) is 6.96. The fourth-order valence-electron chi connectivity index (χ4n) is 3.14. The number of sulfone groups is 1. The van der Waals surface area contributed by atoms with E-state index in [2.05, 4.69) is 10.3 Å². The van der Waals surface area contributed by atoms with Crippen molar-refractivity contribution < 1.29 is 35.9 Å². The van der Waals surface area contributed by atoms with Gasteiger partial charge in [-0.15, -0.1) is 0 Å². The van der Waals surface area contributed by atoms with E-state index in [0.29, 0.717) is 30.2 Å². The molecule has 12 heteroatoms. The van der Waals surface area contributed by atoms with E-state index in [9.17, 15) is 31.2 Å². The van der Waals surface area contributed by atoms with Gasteiger partial charge in [0.2, 0.25) is 5.88 Å². The van der Waals surface area contributed by atoms with E-state index in [1.165, 1.54) is 13.1 Å². The third-order valence-corrected chi connectivity index (χ3v) is 6.12. The molecule has 2 aromatic rings. The molecule has 0 saturated carbocycles. The molecule has 1 saturated heterocycles. The maximum atomic E-state index is 13.0. The molecule has 1 fully saturated rings. The molecular formula is C19H18F3N3O5S. The van der Waals surface area contributed by atoms with Gasteiger partial charge in [-0.1, -0.05) is 0 Å². The summed E-state index contributed by atoms with van der Waals surface area (Å²) < 4.78 is 66.4. The summed E-state index contributed by atoms with van der Waals surface area (Å²) in [6.45, 7) is 3.70. The average Bonchev–Trinajstić information content (AvgIpc) is 2.89. The predicted molar refractivity (Wildman–Crippen MR) is 103 cm³/mol. The van der Waals surface area contributed by atoms with Crippen LogP contribution in [0.4, 0.5) is 23.7 Å². The zero-order valence-corrected chi connectivity index (χ0v) is 17.2. The molecule has 0 radical (unpaired) electrons. The number of alkyl halides is 3. The van der Waals surface area contributed by atoms with E-state index in [1.54, 1.807) is 19.1 Å². The zero-order chi connectivity index (χ0) is 23.0. The van der Waals surface area contributed by atoms with Crippen LogP contribution in [0.15, 0.2) is 47.5 Å². The van der Waals surface area contributed by atoms with Gasteiger partial charge in [0.15, 0.2) is 0 Å². The van der Waals surface area contributed by atoms with E-state index in [-0.39, 0.29) is 12.1 Å². The number of hydrogen-bond acceptors (Lipinski definition) is 6. The molecule has 3 rings (SSSR count). The summed E-state index contributed by atoms with van der Waals surface area (Å²) in [5, 5.41) is 2.58. The van der Waals surface area contributed by atoms with Gasteiger partial charge in [0.25, 0.3) is 15.7 Å². The number of imide groups is 1. The number of benzene rings is 1. The molecule has 1 aliphatic heterocycles. The lowest BCUT2D eigenvalue weighted by atomic mass is 9.93. The van der Waals surface area contributed by atoms with Crippen molar-refractivity contribution in [3.63, 3.8) is 0 Å². The Labute approximate surface area is 175 Å². The Bertz CT molecular complexity index is 1120. The van der Waals surface area contributed by atoms with Crippen LogP contribution < -0.4 is 15.0 Å². The molecule has 31 heavy (non-hydrogen) atoms.